The van der Waals surface area contributed by atoms with E-state index in [0.29, 0.717) is 5.92 Å². The van der Waals surface area contributed by atoms with Gasteiger partial charge in [0.05, 0.1) is 0 Å². The molecule has 0 N–H and O–H groups in total. The predicted octanol–water partition coefficient (Wildman–Crippen LogP) is 3.96. The highest BCUT2D eigenvalue weighted by Gasteiger charge is 2.19. The lowest BCUT2D eigenvalue weighted by atomic mass is 10.1. The number of hydrogen-bond donors (Lipinski definition) is 0. The Hall–Kier alpha value is -0.830. The van der Waals surface area contributed by atoms with E-state index in [9.17, 15) is 4.79 Å². The second kappa shape index (κ2) is 6.20. The van der Waals surface area contributed by atoms with Crippen LogP contribution >= 0.6 is 15.9 Å². The average Bonchev–Trinajstić information content (AvgIpc) is 2.25. The van der Waals surface area contributed by atoms with Crippen molar-refractivity contribution >= 4 is 21.8 Å². The first kappa shape index (κ1) is 14.2. The van der Waals surface area contributed by atoms with Crippen molar-refractivity contribution in [2.75, 3.05) is 6.54 Å². The second-order valence-electron chi connectivity index (χ2n) is 4.95. The van der Waals surface area contributed by atoms with Crippen molar-refractivity contribution in [2.45, 2.75) is 33.7 Å². The predicted molar refractivity (Wildman–Crippen MR) is 75.2 cm³/mol. The molecular weight excluding hydrogens is 278 g/mol. The quantitative estimate of drug-likeness (QED) is 0.824. The molecule has 0 saturated carbocycles. The van der Waals surface area contributed by atoms with Crippen molar-refractivity contribution in [1.82, 2.24) is 4.90 Å². The molecule has 0 saturated heterocycles. The van der Waals surface area contributed by atoms with E-state index >= 15 is 0 Å². The van der Waals surface area contributed by atoms with Crippen LogP contribution in [0.25, 0.3) is 0 Å². The first-order valence-electron chi connectivity index (χ1n) is 5.98. The van der Waals surface area contributed by atoms with E-state index in [1.165, 1.54) is 0 Å². The Labute approximate surface area is 112 Å². The van der Waals surface area contributed by atoms with Crippen LogP contribution in [-0.2, 0) is 0 Å². The van der Waals surface area contributed by atoms with Crippen molar-refractivity contribution < 1.29 is 4.79 Å². The number of nitrogens with zero attached hydrogens (tertiary/aromatic N) is 1. The van der Waals surface area contributed by atoms with Crippen molar-refractivity contribution in [3.05, 3.63) is 34.3 Å². The summed E-state index contributed by atoms with van der Waals surface area (Å²) in [4.78, 5) is 14.3. The summed E-state index contributed by atoms with van der Waals surface area (Å²) in [5.74, 6) is 0.595. The normalized spacial score (nSPS) is 11.0. The van der Waals surface area contributed by atoms with Crippen LogP contribution in [0.5, 0.6) is 0 Å². The van der Waals surface area contributed by atoms with Crippen LogP contribution in [0.15, 0.2) is 28.7 Å². The summed E-state index contributed by atoms with van der Waals surface area (Å²) in [7, 11) is 0. The van der Waals surface area contributed by atoms with E-state index in [0.717, 1.165) is 16.6 Å². The van der Waals surface area contributed by atoms with Gasteiger partial charge in [-0.15, -0.1) is 0 Å². The Balaban J connectivity index is 2.88. The molecule has 0 radical (unpaired) electrons. The van der Waals surface area contributed by atoms with Gasteiger partial charge in [0, 0.05) is 22.6 Å². The molecule has 1 aromatic carbocycles. The molecule has 1 amide bonds. The summed E-state index contributed by atoms with van der Waals surface area (Å²) in [5.41, 5.74) is 0.752. The van der Waals surface area contributed by atoms with Gasteiger partial charge in [0.2, 0.25) is 0 Å². The smallest absolute Gasteiger partial charge is 0.254 e. The van der Waals surface area contributed by atoms with Crippen LogP contribution in [0.1, 0.15) is 38.1 Å². The molecule has 0 spiro atoms. The van der Waals surface area contributed by atoms with Gasteiger partial charge in [-0.1, -0.05) is 29.8 Å². The Morgan fingerprint density at radius 2 is 1.71 bits per heavy atom. The van der Waals surface area contributed by atoms with Gasteiger partial charge >= 0.3 is 0 Å². The molecule has 0 unspecified atom stereocenters. The summed E-state index contributed by atoms with van der Waals surface area (Å²) < 4.78 is 0.994. The molecule has 0 aliphatic heterocycles. The van der Waals surface area contributed by atoms with Crippen LogP contribution < -0.4 is 0 Å². The number of hydrogen-bond acceptors (Lipinski definition) is 1. The summed E-state index contributed by atoms with van der Waals surface area (Å²) in [6, 6.07) is 7.76. The Kier molecular flexibility index (Phi) is 5.19. The maximum atomic E-state index is 12.3. The maximum absolute atomic E-state index is 12.3. The Bertz CT molecular complexity index is 370. The zero-order valence-corrected chi connectivity index (χ0v) is 12.5. The standard InChI is InChI=1S/C14H20BrNO/c1-10(2)9-16(11(3)4)14(17)12-5-7-13(15)8-6-12/h5-8,10-11H,9H2,1-4H3. The molecule has 1 aromatic rings. The summed E-state index contributed by atoms with van der Waals surface area (Å²) in [5, 5.41) is 0. The van der Waals surface area contributed by atoms with Gasteiger partial charge in [-0.2, -0.15) is 0 Å². The van der Waals surface area contributed by atoms with Crippen LogP contribution in [0.2, 0.25) is 0 Å². The zero-order valence-electron chi connectivity index (χ0n) is 10.9. The Morgan fingerprint density at radius 3 is 2.12 bits per heavy atom. The third-order valence-corrected chi connectivity index (χ3v) is 3.07. The molecule has 0 fully saturated rings. The SMILES string of the molecule is CC(C)CN(C(=O)c1ccc(Br)cc1)C(C)C. The lowest BCUT2D eigenvalue weighted by Crippen LogP contribution is -2.39. The van der Waals surface area contributed by atoms with Crippen LogP contribution in [-0.4, -0.2) is 23.4 Å². The first-order valence-corrected chi connectivity index (χ1v) is 6.77. The minimum Gasteiger partial charge on any atom is -0.336 e. The zero-order chi connectivity index (χ0) is 13.0. The van der Waals surface area contributed by atoms with E-state index < -0.39 is 0 Å². The summed E-state index contributed by atoms with van der Waals surface area (Å²) in [6.45, 7) is 9.17. The second-order valence-corrected chi connectivity index (χ2v) is 5.87. The van der Waals surface area contributed by atoms with Gasteiger partial charge < -0.3 is 4.90 Å². The first-order chi connectivity index (χ1) is 7.91. The highest BCUT2D eigenvalue weighted by atomic mass is 79.9. The highest BCUT2D eigenvalue weighted by Crippen LogP contribution is 2.14. The van der Waals surface area contributed by atoms with Crippen molar-refractivity contribution in [3.63, 3.8) is 0 Å². The van der Waals surface area contributed by atoms with Crippen molar-refractivity contribution in [3.8, 4) is 0 Å². The molecule has 94 valence electrons. The lowest BCUT2D eigenvalue weighted by Gasteiger charge is -2.28. The van der Waals surface area contributed by atoms with Gasteiger partial charge in [-0.05, 0) is 44.0 Å². The lowest BCUT2D eigenvalue weighted by molar-refractivity contribution is 0.0682. The fraction of sp³-hybridized carbons (Fsp3) is 0.500. The Morgan fingerprint density at radius 1 is 1.18 bits per heavy atom. The van der Waals surface area contributed by atoms with E-state index in [1.807, 2.05) is 29.2 Å². The molecule has 0 aromatic heterocycles. The van der Waals surface area contributed by atoms with Crippen molar-refractivity contribution in [2.24, 2.45) is 5.92 Å². The minimum atomic E-state index is 0.112. The minimum absolute atomic E-state index is 0.112. The monoisotopic (exact) mass is 297 g/mol. The van der Waals surface area contributed by atoms with E-state index in [4.69, 9.17) is 0 Å². The average molecular weight is 298 g/mol. The molecule has 0 atom stereocenters. The molecule has 3 heteroatoms. The molecule has 2 nitrogen and oxygen atoms in total. The third-order valence-electron chi connectivity index (χ3n) is 2.54. The molecule has 17 heavy (non-hydrogen) atoms. The fourth-order valence-electron chi connectivity index (χ4n) is 1.68. The molecule has 0 aliphatic carbocycles. The molecule has 0 heterocycles. The maximum Gasteiger partial charge on any atom is 0.254 e. The number of carbonyl (C=O) groups excluding carboxylic acids is 1. The van der Waals surface area contributed by atoms with Crippen molar-refractivity contribution in [1.29, 1.82) is 0 Å². The number of benzene rings is 1. The number of rotatable bonds is 4. The van der Waals surface area contributed by atoms with Gasteiger partial charge in [-0.25, -0.2) is 0 Å². The molecule has 0 aliphatic rings. The van der Waals surface area contributed by atoms with Crippen LogP contribution in [0.3, 0.4) is 0 Å². The summed E-state index contributed by atoms with van der Waals surface area (Å²) >= 11 is 3.38. The van der Waals surface area contributed by atoms with Gasteiger partial charge in [0.1, 0.15) is 0 Å². The van der Waals surface area contributed by atoms with E-state index in [2.05, 4.69) is 43.6 Å². The van der Waals surface area contributed by atoms with Gasteiger partial charge in [0.25, 0.3) is 5.91 Å². The topological polar surface area (TPSA) is 20.3 Å². The number of halogens is 1. The number of carbonyl (C=O) groups is 1. The van der Waals surface area contributed by atoms with Gasteiger partial charge in [-0.3, -0.25) is 4.79 Å². The van der Waals surface area contributed by atoms with Crippen LogP contribution in [0, 0.1) is 5.92 Å². The molecule has 1 rings (SSSR count). The third kappa shape index (κ3) is 4.15. The molecular formula is C14H20BrNO. The molecule has 0 bridgehead atoms. The van der Waals surface area contributed by atoms with Crippen LogP contribution in [0.4, 0.5) is 0 Å². The number of amides is 1. The van der Waals surface area contributed by atoms with E-state index in [1.54, 1.807) is 0 Å². The van der Waals surface area contributed by atoms with Gasteiger partial charge in [0.15, 0.2) is 0 Å². The largest absolute Gasteiger partial charge is 0.336 e. The fourth-order valence-corrected chi connectivity index (χ4v) is 1.94. The highest BCUT2D eigenvalue weighted by molar-refractivity contribution is 9.10. The van der Waals surface area contributed by atoms with E-state index in [-0.39, 0.29) is 11.9 Å². The summed E-state index contributed by atoms with van der Waals surface area (Å²) in [6.07, 6.45) is 0.